The van der Waals surface area contributed by atoms with Crippen molar-refractivity contribution in [3.05, 3.63) is 48.5 Å². The van der Waals surface area contributed by atoms with Crippen LogP contribution in [0.2, 0.25) is 0 Å². The Morgan fingerprint density at radius 1 is 1.16 bits per heavy atom. The standard InChI is InChI=1S/C17H20N2O4S2/c1-19(25(3,21)22)13-8-10-14(11-9-13)23-12-17(20)18-15-6-4-5-7-16(15)24-2/h4-11H,12H2,1-3H3,(H,18,20). The lowest BCUT2D eigenvalue weighted by Crippen LogP contribution is -2.24. The van der Waals surface area contributed by atoms with Crippen LogP contribution < -0.4 is 14.4 Å². The average Bonchev–Trinajstić information content (AvgIpc) is 2.59. The predicted molar refractivity (Wildman–Crippen MR) is 102 cm³/mol. The van der Waals surface area contributed by atoms with E-state index in [0.29, 0.717) is 11.4 Å². The number of carbonyl (C=O) groups excluding carboxylic acids is 1. The second kappa shape index (κ2) is 8.26. The minimum Gasteiger partial charge on any atom is -0.484 e. The number of ether oxygens (including phenoxy) is 1. The molecule has 0 aliphatic carbocycles. The van der Waals surface area contributed by atoms with Crippen molar-refractivity contribution in [3.63, 3.8) is 0 Å². The molecule has 2 aromatic rings. The molecule has 6 nitrogen and oxygen atoms in total. The van der Waals surface area contributed by atoms with Crippen LogP contribution in [0.15, 0.2) is 53.4 Å². The van der Waals surface area contributed by atoms with Gasteiger partial charge in [-0.2, -0.15) is 0 Å². The van der Waals surface area contributed by atoms with E-state index in [0.717, 1.165) is 16.8 Å². The number of nitrogens with zero attached hydrogens (tertiary/aromatic N) is 1. The number of amides is 1. The van der Waals surface area contributed by atoms with Gasteiger partial charge in [-0.25, -0.2) is 8.42 Å². The van der Waals surface area contributed by atoms with Gasteiger partial charge in [0.15, 0.2) is 6.61 Å². The molecule has 0 radical (unpaired) electrons. The molecule has 25 heavy (non-hydrogen) atoms. The van der Waals surface area contributed by atoms with Gasteiger partial charge in [-0.3, -0.25) is 9.10 Å². The van der Waals surface area contributed by atoms with E-state index in [1.165, 1.54) is 11.4 Å². The summed E-state index contributed by atoms with van der Waals surface area (Å²) in [5, 5.41) is 2.81. The zero-order chi connectivity index (χ0) is 18.4. The molecule has 8 heteroatoms. The number of rotatable bonds is 7. The highest BCUT2D eigenvalue weighted by Crippen LogP contribution is 2.24. The van der Waals surface area contributed by atoms with Crippen molar-refractivity contribution in [2.75, 3.05) is 35.8 Å². The molecular weight excluding hydrogens is 360 g/mol. The maximum absolute atomic E-state index is 12.0. The second-order valence-corrected chi connectivity index (χ2v) is 8.12. The SMILES string of the molecule is CSc1ccccc1NC(=O)COc1ccc(N(C)S(C)(=O)=O)cc1. The van der Waals surface area contributed by atoms with Gasteiger partial charge in [-0.1, -0.05) is 12.1 Å². The first kappa shape index (κ1) is 19.1. The van der Waals surface area contributed by atoms with Crippen molar-refractivity contribution in [2.45, 2.75) is 4.90 Å². The first-order valence-electron chi connectivity index (χ1n) is 7.41. The molecule has 0 saturated heterocycles. The maximum atomic E-state index is 12.0. The lowest BCUT2D eigenvalue weighted by atomic mass is 10.3. The van der Waals surface area contributed by atoms with Gasteiger partial charge in [0.25, 0.3) is 5.91 Å². The van der Waals surface area contributed by atoms with Crippen LogP contribution in [0.5, 0.6) is 5.75 Å². The molecule has 0 unspecified atom stereocenters. The number of hydrogen-bond acceptors (Lipinski definition) is 5. The van der Waals surface area contributed by atoms with Gasteiger partial charge in [0.05, 0.1) is 17.6 Å². The highest BCUT2D eigenvalue weighted by Gasteiger charge is 2.12. The molecule has 0 bridgehead atoms. The largest absolute Gasteiger partial charge is 0.484 e. The fourth-order valence-corrected chi connectivity index (χ4v) is 3.09. The Balaban J connectivity index is 1.94. The fourth-order valence-electron chi connectivity index (χ4n) is 2.03. The average molecular weight is 380 g/mol. The number of carbonyl (C=O) groups is 1. The molecule has 1 N–H and O–H groups in total. The van der Waals surface area contributed by atoms with Crippen molar-refractivity contribution in [1.82, 2.24) is 0 Å². The van der Waals surface area contributed by atoms with E-state index >= 15 is 0 Å². The number of para-hydroxylation sites is 1. The molecule has 0 aromatic heterocycles. The molecule has 2 aromatic carbocycles. The van der Waals surface area contributed by atoms with E-state index in [1.54, 1.807) is 36.0 Å². The lowest BCUT2D eigenvalue weighted by molar-refractivity contribution is -0.118. The molecule has 0 aliphatic rings. The quantitative estimate of drug-likeness (QED) is 0.748. The number of sulfonamides is 1. The number of benzene rings is 2. The molecule has 0 aliphatic heterocycles. The van der Waals surface area contributed by atoms with E-state index in [-0.39, 0.29) is 12.5 Å². The Hall–Kier alpha value is -2.19. The first-order chi connectivity index (χ1) is 11.8. The number of hydrogen-bond donors (Lipinski definition) is 1. The zero-order valence-electron chi connectivity index (χ0n) is 14.2. The summed E-state index contributed by atoms with van der Waals surface area (Å²) in [5.74, 6) is 0.220. The third-order valence-electron chi connectivity index (χ3n) is 3.45. The number of nitrogens with one attached hydrogen (secondary N) is 1. The number of thioether (sulfide) groups is 1. The van der Waals surface area contributed by atoms with Crippen LogP contribution in [0.3, 0.4) is 0 Å². The van der Waals surface area contributed by atoms with E-state index in [9.17, 15) is 13.2 Å². The van der Waals surface area contributed by atoms with E-state index in [4.69, 9.17) is 4.74 Å². The highest BCUT2D eigenvalue weighted by molar-refractivity contribution is 7.98. The Kier molecular flexibility index (Phi) is 6.33. The Labute approximate surface area is 152 Å². The summed E-state index contributed by atoms with van der Waals surface area (Å²) in [6.45, 7) is -0.135. The highest BCUT2D eigenvalue weighted by atomic mass is 32.2. The molecule has 0 heterocycles. The third-order valence-corrected chi connectivity index (χ3v) is 5.45. The maximum Gasteiger partial charge on any atom is 0.262 e. The summed E-state index contributed by atoms with van der Waals surface area (Å²) in [4.78, 5) is 13.0. The normalized spacial score (nSPS) is 11.0. The molecule has 1 amide bonds. The van der Waals surface area contributed by atoms with E-state index in [1.807, 2.05) is 30.5 Å². The van der Waals surface area contributed by atoms with Crippen LogP contribution in [0, 0.1) is 0 Å². The van der Waals surface area contributed by atoms with Crippen LogP contribution >= 0.6 is 11.8 Å². The van der Waals surface area contributed by atoms with Gasteiger partial charge < -0.3 is 10.1 Å². The van der Waals surface area contributed by atoms with E-state index < -0.39 is 10.0 Å². The van der Waals surface area contributed by atoms with Crippen molar-refractivity contribution in [3.8, 4) is 5.75 Å². The Morgan fingerprint density at radius 3 is 2.40 bits per heavy atom. The summed E-state index contributed by atoms with van der Waals surface area (Å²) in [7, 11) is -1.84. The van der Waals surface area contributed by atoms with Gasteiger partial charge in [-0.05, 0) is 42.7 Å². The van der Waals surface area contributed by atoms with Gasteiger partial charge in [0, 0.05) is 11.9 Å². The molecule has 0 saturated carbocycles. The van der Waals surface area contributed by atoms with Gasteiger partial charge >= 0.3 is 0 Å². The molecule has 134 valence electrons. The fraction of sp³-hybridized carbons (Fsp3) is 0.235. The molecule has 0 atom stereocenters. The van der Waals surface area contributed by atoms with Crippen molar-refractivity contribution < 1.29 is 17.9 Å². The zero-order valence-corrected chi connectivity index (χ0v) is 15.9. The van der Waals surface area contributed by atoms with Crippen molar-refractivity contribution in [2.24, 2.45) is 0 Å². The number of anilines is 2. The van der Waals surface area contributed by atoms with Gasteiger partial charge in [-0.15, -0.1) is 11.8 Å². The van der Waals surface area contributed by atoms with Gasteiger partial charge in [0.2, 0.25) is 10.0 Å². The van der Waals surface area contributed by atoms with Crippen LogP contribution in [0.1, 0.15) is 0 Å². The van der Waals surface area contributed by atoms with Gasteiger partial charge in [0.1, 0.15) is 5.75 Å². The topological polar surface area (TPSA) is 75.7 Å². The first-order valence-corrected chi connectivity index (χ1v) is 10.5. The van der Waals surface area contributed by atoms with Crippen LogP contribution in [0.25, 0.3) is 0 Å². The van der Waals surface area contributed by atoms with E-state index in [2.05, 4.69) is 5.32 Å². The molecule has 0 spiro atoms. The van der Waals surface area contributed by atoms with Crippen LogP contribution in [-0.4, -0.2) is 40.5 Å². The third kappa shape index (κ3) is 5.40. The summed E-state index contributed by atoms with van der Waals surface area (Å²) in [6.07, 6.45) is 3.07. The van der Waals surface area contributed by atoms with Crippen LogP contribution in [-0.2, 0) is 14.8 Å². The lowest BCUT2D eigenvalue weighted by Gasteiger charge is -2.16. The predicted octanol–water partition coefficient (Wildman–Crippen LogP) is 2.82. The minimum atomic E-state index is -3.31. The Morgan fingerprint density at radius 2 is 1.80 bits per heavy atom. The molecule has 2 rings (SSSR count). The smallest absolute Gasteiger partial charge is 0.262 e. The monoisotopic (exact) mass is 380 g/mol. The second-order valence-electron chi connectivity index (χ2n) is 5.26. The van der Waals surface area contributed by atoms with Crippen molar-refractivity contribution in [1.29, 1.82) is 0 Å². The van der Waals surface area contributed by atoms with Crippen LogP contribution in [0.4, 0.5) is 11.4 Å². The summed E-state index contributed by atoms with van der Waals surface area (Å²) < 4.78 is 29.6. The summed E-state index contributed by atoms with van der Waals surface area (Å²) in [6, 6.07) is 14.0. The molecule has 0 fully saturated rings. The minimum absolute atomic E-state index is 0.135. The summed E-state index contributed by atoms with van der Waals surface area (Å²) >= 11 is 1.55. The Bertz CT molecular complexity index is 836. The summed E-state index contributed by atoms with van der Waals surface area (Å²) in [5.41, 5.74) is 1.27. The molecular formula is C17H20N2O4S2. The van der Waals surface area contributed by atoms with Crippen molar-refractivity contribution >= 4 is 39.1 Å².